The van der Waals surface area contributed by atoms with E-state index in [0.29, 0.717) is 20.6 Å². The second-order valence-corrected chi connectivity index (χ2v) is 6.47. The molecule has 0 bridgehead atoms. The van der Waals surface area contributed by atoms with Gasteiger partial charge in [-0.25, -0.2) is 0 Å². The monoisotopic (exact) mass is 391 g/mol. The number of benzene rings is 1. The number of aromatic nitrogens is 1. The normalized spacial score (nSPS) is 32.4. The Labute approximate surface area is 139 Å². The van der Waals surface area contributed by atoms with Crippen LogP contribution < -0.4 is 4.74 Å². The Balaban J connectivity index is 1.92. The lowest BCUT2D eigenvalue weighted by molar-refractivity contribution is -0.267. The molecule has 0 amide bonds. The minimum absolute atomic E-state index is 0.390. The highest BCUT2D eigenvalue weighted by Crippen LogP contribution is 2.38. The Morgan fingerprint density at radius 2 is 1.95 bits per heavy atom. The molecule has 1 saturated heterocycles. The third-order valence-corrected chi connectivity index (χ3v) is 5.03. The molecule has 0 radical (unpaired) electrons. The fourth-order valence-corrected chi connectivity index (χ4v) is 3.04. The van der Waals surface area contributed by atoms with Gasteiger partial charge in [0.15, 0.2) is 0 Å². The van der Waals surface area contributed by atoms with Gasteiger partial charge in [-0.15, -0.1) is 0 Å². The molecular weight excluding hydrogens is 378 g/mol. The maximum absolute atomic E-state index is 10.0. The predicted molar refractivity (Wildman–Crippen MR) is 84.0 cm³/mol. The van der Waals surface area contributed by atoms with E-state index in [-0.39, 0.29) is 0 Å². The van der Waals surface area contributed by atoms with Gasteiger partial charge in [-0.3, -0.25) is 0 Å². The number of nitrogens with one attached hydrogen (secondary N) is 1. The second kappa shape index (κ2) is 5.99. The topological polar surface area (TPSA) is 94.9 Å². The van der Waals surface area contributed by atoms with E-state index in [2.05, 4.69) is 20.9 Å². The molecule has 1 fully saturated rings. The first-order valence-corrected chi connectivity index (χ1v) is 7.88. The lowest BCUT2D eigenvalue weighted by Gasteiger charge is -2.38. The Morgan fingerprint density at radius 3 is 2.68 bits per heavy atom. The summed E-state index contributed by atoms with van der Waals surface area (Å²) >= 11 is 9.61. The van der Waals surface area contributed by atoms with Crippen molar-refractivity contribution >= 4 is 38.4 Å². The first-order valence-electron chi connectivity index (χ1n) is 6.71. The fraction of sp³-hybridized carbons (Fsp3) is 0.429. The molecule has 0 saturated carbocycles. The molecular formula is C14H15BrClNO5. The van der Waals surface area contributed by atoms with Crippen molar-refractivity contribution in [1.29, 1.82) is 0 Å². The van der Waals surface area contributed by atoms with Gasteiger partial charge in [0, 0.05) is 10.7 Å². The summed E-state index contributed by atoms with van der Waals surface area (Å²) in [4.78, 5) is 3.01. The Morgan fingerprint density at radius 1 is 1.23 bits per heavy atom. The van der Waals surface area contributed by atoms with E-state index >= 15 is 0 Å². The number of halogens is 2. The molecule has 2 aromatic rings. The average Bonchev–Trinajstić information content (AvgIpc) is 2.90. The summed E-state index contributed by atoms with van der Waals surface area (Å²) in [6, 6.07) is 3.64. The molecule has 2 heterocycles. The fourth-order valence-electron chi connectivity index (χ4n) is 2.46. The third kappa shape index (κ3) is 2.62. The summed E-state index contributed by atoms with van der Waals surface area (Å²) in [6.45, 7) is 1.59. The predicted octanol–water partition coefficient (Wildman–Crippen LogP) is 1.79. The largest absolute Gasteiger partial charge is 0.460 e. The number of aliphatic hydroxyl groups excluding tert-OH is 3. The van der Waals surface area contributed by atoms with Crippen LogP contribution in [0.5, 0.6) is 5.75 Å². The van der Waals surface area contributed by atoms with Crippen molar-refractivity contribution in [2.24, 2.45) is 0 Å². The standard InChI is InChI=1S/C14H15BrClNO5/c1-5-11(18)12(19)13(20)14(21-5)22-8-4-17-7-3-2-6(15)10(16)9(7)8/h2-5,11-14,17-20H,1H3/t5-,11+,12-,13-,14+/m1/s1. The minimum Gasteiger partial charge on any atom is -0.460 e. The van der Waals surface area contributed by atoms with Crippen LogP contribution in [0.2, 0.25) is 5.02 Å². The zero-order valence-electron chi connectivity index (χ0n) is 11.5. The number of aromatic amines is 1. The van der Waals surface area contributed by atoms with Crippen molar-refractivity contribution in [2.45, 2.75) is 37.6 Å². The van der Waals surface area contributed by atoms with E-state index in [1.165, 1.54) is 0 Å². The van der Waals surface area contributed by atoms with Gasteiger partial charge in [0.2, 0.25) is 6.29 Å². The zero-order chi connectivity index (χ0) is 16.0. The molecule has 6 nitrogen and oxygen atoms in total. The van der Waals surface area contributed by atoms with Crippen LogP contribution in [0.4, 0.5) is 0 Å². The molecule has 1 aliphatic heterocycles. The maximum atomic E-state index is 10.0. The van der Waals surface area contributed by atoms with Crippen molar-refractivity contribution in [1.82, 2.24) is 4.98 Å². The highest BCUT2D eigenvalue weighted by atomic mass is 79.9. The summed E-state index contributed by atoms with van der Waals surface area (Å²) in [7, 11) is 0. The van der Waals surface area contributed by atoms with E-state index < -0.39 is 30.7 Å². The Bertz CT molecular complexity index is 693. The van der Waals surface area contributed by atoms with Crippen molar-refractivity contribution in [3.8, 4) is 5.75 Å². The van der Waals surface area contributed by atoms with Crippen LogP contribution in [0.25, 0.3) is 10.9 Å². The Kier molecular flexibility index (Phi) is 4.37. The number of rotatable bonds is 2. The van der Waals surface area contributed by atoms with Gasteiger partial charge in [0.05, 0.1) is 22.0 Å². The molecule has 8 heteroatoms. The van der Waals surface area contributed by atoms with Crippen LogP contribution >= 0.6 is 27.5 Å². The van der Waals surface area contributed by atoms with Crippen molar-refractivity contribution in [3.05, 3.63) is 27.8 Å². The van der Waals surface area contributed by atoms with Crippen LogP contribution in [0.3, 0.4) is 0 Å². The van der Waals surface area contributed by atoms with E-state index in [9.17, 15) is 15.3 Å². The summed E-state index contributed by atoms with van der Waals surface area (Å²) in [5, 5.41) is 30.6. The molecule has 22 heavy (non-hydrogen) atoms. The SMILES string of the molecule is C[C@H]1O[C@@H](Oc2c[nH]c3ccc(Br)c(Cl)c23)[C@H](O)[C@H](O)[C@H]1O. The number of hydrogen-bond donors (Lipinski definition) is 4. The smallest absolute Gasteiger partial charge is 0.229 e. The van der Waals surface area contributed by atoms with Gasteiger partial charge < -0.3 is 29.8 Å². The third-order valence-electron chi connectivity index (χ3n) is 3.75. The molecule has 1 aromatic heterocycles. The van der Waals surface area contributed by atoms with E-state index in [1.807, 2.05) is 6.07 Å². The summed E-state index contributed by atoms with van der Waals surface area (Å²) in [5.41, 5.74) is 0.766. The first kappa shape index (κ1) is 16.0. The quantitative estimate of drug-likeness (QED) is 0.625. The van der Waals surface area contributed by atoms with Gasteiger partial charge in [0.1, 0.15) is 24.1 Å². The number of aliphatic hydroxyl groups is 3. The van der Waals surface area contributed by atoms with E-state index in [0.717, 1.165) is 5.52 Å². The van der Waals surface area contributed by atoms with Gasteiger partial charge >= 0.3 is 0 Å². The van der Waals surface area contributed by atoms with Crippen molar-refractivity contribution in [2.75, 3.05) is 0 Å². The van der Waals surface area contributed by atoms with Gasteiger partial charge in [-0.2, -0.15) is 0 Å². The molecule has 0 unspecified atom stereocenters. The summed E-state index contributed by atoms with van der Waals surface area (Å²) in [6.07, 6.45) is -4.07. The van der Waals surface area contributed by atoms with E-state index in [4.69, 9.17) is 21.1 Å². The number of H-pyrrole nitrogens is 1. The molecule has 3 rings (SSSR count). The van der Waals surface area contributed by atoms with Crippen LogP contribution in [-0.4, -0.2) is 51.0 Å². The molecule has 5 atom stereocenters. The molecule has 4 N–H and O–H groups in total. The van der Waals surface area contributed by atoms with Crippen molar-refractivity contribution in [3.63, 3.8) is 0 Å². The van der Waals surface area contributed by atoms with Crippen molar-refractivity contribution < 1.29 is 24.8 Å². The number of ether oxygens (including phenoxy) is 2. The summed E-state index contributed by atoms with van der Waals surface area (Å²) in [5.74, 6) is 0.390. The minimum atomic E-state index is -1.37. The summed E-state index contributed by atoms with van der Waals surface area (Å²) < 4.78 is 11.8. The highest BCUT2D eigenvalue weighted by molar-refractivity contribution is 9.10. The highest BCUT2D eigenvalue weighted by Gasteiger charge is 2.43. The molecule has 1 aliphatic rings. The molecule has 0 aliphatic carbocycles. The number of fused-ring (bicyclic) bond motifs is 1. The lowest BCUT2D eigenvalue weighted by atomic mass is 10.00. The number of hydrogen-bond acceptors (Lipinski definition) is 5. The van der Waals surface area contributed by atoms with Crippen LogP contribution in [0.15, 0.2) is 22.8 Å². The van der Waals surface area contributed by atoms with Crippen LogP contribution in [0, 0.1) is 0 Å². The van der Waals surface area contributed by atoms with E-state index in [1.54, 1.807) is 19.2 Å². The van der Waals surface area contributed by atoms with Crippen LogP contribution in [0.1, 0.15) is 6.92 Å². The average molecular weight is 393 g/mol. The molecule has 1 aromatic carbocycles. The van der Waals surface area contributed by atoms with Gasteiger partial charge in [-0.1, -0.05) is 11.6 Å². The van der Waals surface area contributed by atoms with Crippen LogP contribution in [-0.2, 0) is 4.74 Å². The molecule has 0 spiro atoms. The Hall–Kier alpha value is -0.830. The second-order valence-electron chi connectivity index (χ2n) is 5.24. The molecule has 120 valence electrons. The van der Waals surface area contributed by atoms with Gasteiger partial charge in [-0.05, 0) is 35.0 Å². The first-order chi connectivity index (χ1) is 10.4. The lowest BCUT2D eigenvalue weighted by Crippen LogP contribution is -2.58. The maximum Gasteiger partial charge on any atom is 0.229 e. The van der Waals surface area contributed by atoms with Gasteiger partial charge in [0.25, 0.3) is 0 Å². The zero-order valence-corrected chi connectivity index (χ0v) is 13.9.